The number of pyridine rings is 1. The molecule has 2 aromatic heterocycles. The maximum Gasteiger partial charge on any atom is 0.232 e. The lowest BCUT2D eigenvalue weighted by molar-refractivity contribution is 0.379. The van der Waals surface area contributed by atoms with E-state index in [4.69, 9.17) is 10.3 Å². The Kier molecular flexibility index (Phi) is 2.51. The summed E-state index contributed by atoms with van der Waals surface area (Å²) in [5.41, 5.74) is 6.26. The topological polar surface area (TPSA) is 77.8 Å². The van der Waals surface area contributed by atoms with Crippen LogP contribution < -0.4 is 5.73 Å². The van der Waals surface area contributed by atoms with Gasteiger partial charge in [-0.05, 0) is 12.1 Å². The molecule has 5 nitrogen and oxygen atoms in total. The second kappa shape index (κ2) is 3.97. The molecule has 2 aromatic rings. The van der Waals surface area contributed by atoms with Crippen LogP contribution in [0, 0.1) is 0 Å². The highest BCUT2D eigenvalue weighted by Crippen LogP contribution is 2.04. The lowest BCUT2D eigenvalue weighted by atomic mass is 10.3. The van der Waals surface area contributed by atoms with Crippen LogP contribution in [0.2, 0.25) is 0 Å². The van der Waals surface area contributed by atoms with Crippen molar-refractivity contribution in [1.82, 2.24) is 15.1 Å². The predicted molar refractivity (Wildman–Crippen MR) is 49.2 cm³/mol. The Labute approximate surface area is 81.0 Å². The van der Waals surface area contributed by atoms with Crippen LogP contribution in [-0.4, -0.2) is 15.1 Å². The number of aromatic nitrogens is 3. The molecule has 0 saturated heterocycles. The molecule has 0 aliphatic rings. The Morgan fingerprint density at radius 3 is 2.93 bits per heavy atom. The molecule has 5 heteroatoms. The van der Waals surface area contributed by atoms with Gasteiger partial charge in [-0.1, -0.05) is 11.2 Å². The highest BCUT2D eigenvalue weighted by molar-refractivity contribution is 5.08. The Bertz CT molecular complexity index is 398. The first-order valence-corrected chi connectivity index (χ1v) is 4.30. The average Bonchev–Trinajstić information content (AvgIpc) is 2.67. The van der Waals surface area contributed by atoms with E-state index in [1.807, 2.05) is 18.2 Å². The second-order valence-electron chi connectivity index (χ2n) is 2.81. The van der Waals surface area contributed by atoms with Crippen molar-refractivity contribution < 1.29 is 4.52 Å². The summed E-state index contributed by atoms with van der Waals surface area (Å²) >= 11 is 0. The fourth-order valence-corrected chi connectivity index (χ4v) is 1.10. The molecule has 0 unspecified atom stereocenters. The molecule has 0 radical (unpaired) electrons. The van der Waals surface area contributed by atoms with Crippen LogP contribution in [0.4, 0.5) is 0 Å². The third kappa shape index (κ3) is 1.94. The van der Waals surface area contributed by atoms with Crippen LogP contribution >= 0.6 is 0 Å². The minimum Gasteiger partial charge on any atom is -0.339 e. The molecule has 2 N–H and O–H groups in total. The normalized spacial score (nSPS) is 10.4. The van der Waals surface area contributed by atoms with Crippen molar-refractivity contribution in [2.45, 2.75) is 13.0 Å². The standard InChI is InChI=1S/C9H10N4O/c10-6-8-12-9(14-13-8)5-7-3-1-2-4-11-7/h1-4H,5-6,10H2. The van der Waals surface area contributed by atoms with Gasteiger partial charge < -0.3 is 10.3 Å². The van der Waals surface area contributed by atoms with Gasteiger partial charge in [0.1, 0.15) is 0 Å². The minimum absolute atomic E-state index is 0.297. The van der Waals surface area contributed by atoms with Crippen molar-refractivity contribution >= 4 is 0 Å². The van der Waals surface area contributed by atoms with Crippen molar-refractivity contribution in [3.63, 3.8) is 0 Å². The fourth-order valence-electron chi connectivity index (χ4n) is 1.10. The van der Waals surface area contributed by atoms with Gasteiger partial charge in [0.05, 0.1) is 13.0 Å². The Hall–Kier alpha value is -1.75. The summed E-state index contributed by atoms with van der Waals surface area (Å²) in [7, 11) is 0. The molecule has 0 fully saturated rings. The van der Waals surface area contributed by atoms with Gasteiger partial charge in [-0.2, -0.15) is 4.98 Å². The maximum atomic E-state index is 5.36. The molecular formula is C9H10N4O. The van der Waals surface area contributed by atoms with Gasteiger partial charge in [-0.25, -0.2) is 0 Å². The van der Waals surface area contributed by atoms with Gasteiger partial charge in [0, 0.05) is 11.9 Å². The summed E-state index contributed by atoms with van der Waals surface area (Å²) in [6.45, 7) is 0.297. The van der Waals surface area contributed by atoms with Crippen LogP contribution in [0.25, 0.3) is 0 Å². The van der Waals surface area contributed by atoms with Crippen LogP contribution in [0.1, 0.15) is 17.4 Å². The molecule has 72 valence electrons. The molecule has 0 aromatic carbocycles. The van der Waals surface area contributed by atoms with Gasteiger partial charge in [-0.3, -0.25) is 4.98 Å². The van der Waals surface area contributed by atoms with Gasteiger partial charge in [0.25, 0.3) is 0 Å². The van der Waals surface area contributed by atoms with E-state index in [9.17, 15) is 0 Å². The molecule has 0 amide bonds. The second-order valence-corrected chi connectivity index (χ2v) is 2.81. The van der Waals surface area contributed by atoms with Crippen molar-refractivity contribution in [3.8, 4) is 0 Å². The van der Waals surface area contributed by atoms with Crippen LogP contribution in [0.3, 0.4) is 0 Å². The van der Waals surface area contributed by atoms with Crippen molar-refractivity contribution in [2.75, 3.05) is 0 Å². The molecule has 0 atom stereocenters. The van der Waals surface area contributed by atoms with Gasteiger partial charge >= 0.3 is 0 Å². The van der Waals surface area contributed by atoms with E-state index >= 15 is 0 Å². The lowest BCUT2D eigenvalue weighted by Gasteiger charge is -1.92. The van der Waals surface area contributed by atoms with Crippen LogP contribution in [-0.2, 0) is 13.0 Å². The third-order valence-corrected chi connectivity index (χ3v) is 1.75. The van der Waals surface area contributed by atoms with E-state index in [0.29, 0.717) is 24.7 Å². The van der Waals surface area contributed by atoms with E-state index in [-0.39, 0.29) is 0 Å². The average molecular weight is 190 g/mol. The van der Waals surface area contributed by atoms with E-state index in [2.05, 4.69) is 15.1 Å². The smallest absolute Gasteiger partial charge is 0.232 e. The monoisotopic (exact) mass is 190 g/mol. The highest BCUT2D eigenvalue weighted by Gasteiger charge is 2.05. The molecule has 2 heterocycles. The molecular weight excluding hydrogens is 180 g/mol. The van der Waals surface area contributed by atoms with Crippen molar-refractivity contribution in [3.05, 3.63) is 41.8 Å². The molecule has 0 bridgehead atoms. The number of nitrogens with zero attached hydrogens (tertiary/aromatic N) is 3. The Balaban J connectivity index is 2.11. The van der Waals surface area contributed by atoms with E-state index in [1.165, 1.54) is 0 Å². The summed E-state index contributed by atoms with van der Waals surface area (Å²) in [5.74, 6) is 1.07. The molecule has 14 heavy (non-hydrogen) atoms. The molecule has 2 rings (SSSR count). The minimum atomic E-state index is 0.297. The van der Waals surface area contributed by atoms with E-state index in [1.54, 1.807) is 6.20 Å². The van der Waals surface area contributed by atoms with Crippen molar-refractivity contribution in [2.24, 2.45) is 5.73 Å². The highest BCUT2D eigenvalue weighted by atomic mass is 16.5. The van der Waals surface area contributed by atoms with Crippen molar-refractivity contribution in [1.29, 1.82) is 0 Å². The molecule has 0 saturated carbocycles. The maximum absolute atomic E-state index is 5.36. The Morgan fingerprint density at radius 1 is 1.36 bits per heavy atom. The predicted octanol–water partition coefficient (Wildman–Crippen LogP) is 0.514. The summed E-state index contributed by atoms with van der Waals surface area (Å²) in [6, 6.07) is 5.69. The first-order valence-electron chi connectivity index (χ1n) is 4.30. The number of hydrogen-bond donors (Lipinski definition) is 1. The summed E-state index contributed by atoms with van der Waals surface area (Å²) in [4.78, 5) is 8.23. The largest absolute Gasteiger partial charge is 0.339 e. The summed E-state index contributed by atoms with van der Waals surface area (Å²) in [5, 5.41) is 3.69. The van der Waals surface area contributed by atoms with Gasteiger partial charge in [-0.15, -0.1) is 0 Å². The quantitative estimate of drug-likeness (QED) is 0.763. The van der Waals surface area contributed by atoms with E-state index in [0.717, 1.165) is 5.69 Å². The zero-order valence-corrected chi connectivity index (χ0v) is 7.55. The first-order chi connectivity index (χ1) is 6.88. The SMILES string of the molecule is NCc1noc(Cc2ccccn2)n1. The zero-order valence-electron chi connectivity index (χ0n) is 7.55. The fraction of sp³-hybridized carbons (Fsp3) is 0.222. The van der Waals surface area contributed by atoms with Gasteiger partial charge in [0.2, 0.25) is 5.89 Å². The Morgan fingerprint density at radius 2 is 2.29 bits per heavy atom. The third-order valence-electron chi connectivity index (χ3n) is 1.75. The summed E-state index contributed by atoms with van der Waals surface area (Å²) in [6.07, 6.45) is 2.28. The number of nitrogens with two attached hydrogens (primary N) is 1. The molecule has 0 aliphatic carbocycles. The zero-order chi connectivity index (χ0) is 9.80. The van der Waals surface area contributed by atoms with Crippen LogP contribution in [0.15, 0.2) is 28.9 Å². The van der Waals surface area contributed by atoms with E-state index < -0.39 is 0 Å². The molecule has 0 aliphatic heterocycles. The number of rotatable bonds is 3. The van der Waals surface area contributed by atoms with Gasteiger partial charge in [0.15, 0.2) is 5.82 Å². The summed E-state index contributed by atoms with van der Waals surface area (Å²) < 4.78 is 4.98. The lowest BCUT2D eigenvalue weighted by Crippen LogP contribution is -1.98. The molecule has 0 spiro atoms. The van der Waals surface area contributed by atoms with Crippen LogP contribution in [0.5, 0.6) is 0 Å². The first kappa shape index (κ1) is 8.83. The number of hydrogen-bond acceptors (Lipinski definition) is 5.